The largest absolute Gasteiger partial charge is 0.272 e. The summed E-state index contributed by atoms with van der Waals surface area (Å²) in [4.78, 5) is 13.9. The first-order valence-electron chi connectivity index (χ1n) is 3.64. The van der Waals surface area contributed by atoms with Crippen LogP contribution in [0.3, 0.4) is 0 Å². The molecule has 2 heteroatoms. The van der Waals surface area contributed by atoms with Crippen LogP contribution in [0.15, 0.2) is 35.3 Å². The minimum Gasteiger partial charge on any atom is -0.272 e. The molecule has 1 aromatic carbocycles. The Kier molecular flexibility index (Phi) is 3.00. The molecule has 1 rings (SSSR count). The third-order valence-corrected chi connectivity index (χ3v) is 1.25. The molecule has 60 valence electrons. The Labute approximate surface area is 71.3 Å². The predicted molar refractivity (Wildman–Crippen MR) is 49.0 cm³/mol. The zero-order valence-corrected chi connectivity index (χ0v) is 6.82. The first kappa shape index (κ1) is 8.44. The van der Waals surface area contributed by atoms with Gasteiger partial charge in [0.1, 0.15) is 0 Å². The van der Waals surface area contributed by atoms with Gasteiger partial charge in [-0.25, -0.2) is 0 Å². The third kappa shape index (κ3) is 2.95. The molecule has 0 unspecified atom stereocenters. The molecule has 0 aliphatic heterocycles. The summed E-state index contributed by atoms with van der Waals surface area (Å²) in [6.07, 6.45) is 1.67. The molecule has 0 atom stereocenters. The highest BCUT2D eigenvalue weighted by Crippen LogP contribution is 1.97. The van der Waals surface area contributed by atoms with Gasteiger partial charge in [0, 0.05) is 13.0 Å². The summed E-state index contributed by atoms with van der Waals surface area (Å²) < 4.78 is 0. The molecule has 0 heterocycles. The summed E-state index contributed by atoms with van der Waals surface area (Å²) in [5.74, 6) is 2.32. The molecule has 1 aromatic rings. The standard InChI is InChI=1S/C10H9NO/c1-9(12)11-8-7-10-5-3-2-4-6-10/h2-7H,1H3. The normalized spacial score (nSPS) is 8.42. The summed E-state index contributed by atoms with van der Waals surface area (Å²) in [7, 11) is 0. The Morgan fingerprint density at radius 3 is 2.67 bits per heavy atom. The number of amides is 1. The Hall–Kier alpha value is -1.66. The van der Waals surface area contributed by atoms with Crippen molar-refractivity contribution in [2.24, 2.45) is 4.99 Å². The van der Waals surface area contributed by atoms with Gasteiger partial charge >= 0.3 is 0 Å². The second kappa shape index (κ2) is 4.27. The molecule has 0 spiro atoms. The molecule has 1 amide bonds. The van der Waals surface area contributed by atoms with Gasteiger partial charge in [0.25, 0.3) is 5.91 Å². The Balaban J connectivity index is 2.77. The SMILES string of the molecule is CC(=O)N=C=Cc1ccccc1. The van der Waals surface area contributed by atoms with Crippen molar-refractivity contribution in [1.29, 1.82) is 0 Å². The van der Waals surface area contributed by atoms with Crippen LogP contribution in [0.5, 0.6) is 0 Å². The van der Waals surface area contributed by atoms with E-state index in [0.717, 1.165) is 5.56 Å². The van der Waals surface area contributed by atoms with Crippen molar-refractivity contribution in [2.45, 2.75) is 6.92 Å². The minimum atomic E-state index is -0.234. The Morgan fingerprint density at radius 2 is 2.08 bits per heavy atom. The van der Waals surface area contributed by atoms with Crippen LogP contribution in [0, 0.1) is 0 Å². The smallest absolute Gasteiger partial charge is 0.250 e. The van der Waals surface area contributed by atoms with Crippen molar-refractivity contribution >= 4 is 17.9 Å². The Morgan fingerprint density at radius 1 is 1.42 bits per heavy atom. The number of carbonyl (C=O) groups excluding carboxylic acids is 1. The molecule has 12 heavy (non-hydrogen) atoms. The van der Waals surface area contributed by atoms with Gasteiger partial charge in [-0.3, -0.25) is 4.79 Å². The van der Waals surface area contributed by atoms with Crippen molar-refractivity contribution < 1.29 is 4.79 Å². The fourth-order valence-corrected chi connectivity index (χ4v) is 0.747. The van der Waals surface area contributed by atoms with Crippen molar-refractivity contribution in [2.75, 3.05) is 0 Å². The van der Waals surface area contributed by atoms with Gasteiger partial charge in [-0.1, -0.05) is 30.3 Å². The molecule has 0 fully saturated rings. The number of carbonyl (C=O) groups is 1. The molecule has 0 aliphatic rings. The molecule has 0 saturated heterocycles. The highest BCUT2D eigenvalue weighted by molar-refractivity contribution is 5.88. The molecule has 0 N–H and O–H groups in total. The van der Waals surface area contributed by atoms with E-state index in [9.17, 15) is 4.79 Å². The van der Waals surface area contributed by atoms with E-state index < -0.39 is 0 Å². The molecule has 2 nitrogen and oxygen atoms in total. The average molecular weight is 159 g/mol. The number of nitrogens with zero attached hydrogens (tertiary/aromatic N) is 1. The molecule has 0 aromatic heterocycles. The van der Waals surface area contributed by atoms with Crippen LogP contribution in [0.4, 0.5) is 0 Å². The van der Waals surface area contributed by atoms with Crippen molar-refractivity contribution in [3.8, 4) is 0 Å². The van der Waals surface area contributed by atoms with Gasteiger partial charge < -0.3 is 0 Å². The lowest BCUT2D eigenvalue weighted by molar-refractivity contribution is -0.115. The van der Waals surface area contributed by atoms with Crippen molar-refractivity contribution in [1.82, 2.24) is 0 Å². The van der Waals surface area contributed by atoms with E-state index >= 15 is 0 Å². The van der Waals surface area contributed by atoms with E-state index in [4.69, 9.17) is 0 Å². The van der Waals surface area contributed by atoms with Crippen LogP contribution in [0.1, 0.15) is 12.5 Å². The average Bonchev–Trinajstić information content (AvgIpc) is 2.05. The summed E-state index contributed by atoms with van der Waals surface area (Å²) in [6, 6.07) is 9.60. The summed E-state index contributed by atoms with van der Waals surface area (Å²) >= 11 is 0. The minimum absolute atomic E-state index is 0.234. The van der Waals surface area contributed by atoms with E-state index in [2.05, 4.69) is 10.9 Å². The number of hydrogen-bond donors (Lipinski definition) is 0. The third-order valence-electron chi connectivity index (χ3n) is 1.25. The maximum absolute atomic E-state index is 10.4. The zero-order chi connectivity index (χ0) is 8.81. The predicted octanol–water partition coefficient (Wildman–Crippen LogP) is 1.92. The molecular weight excluding hydrogens is 150 g/mol. The van der Waals surface area contributed by atoms with Crippen LogP contribution >= 0.6 is 0 Å². The van der Waals surface area contributed by atoms with Crippen LogP contribution in [0.2, 0.25) is 0 Å². The number of hydrogen-bond acceptors (Lipinski definition) is 1. The lowest BCUT2D eigenvalue weighted by atomic mass is 10.2. The van der Waals surface area contributed by atoms with E-state index in [1.165, 1.54) is 6.92 Å². The second-order valence-corrected chi connectivity index (χ2v) is 2.31. The molecular formula is C10H9NO. The number of benzene rings is 1. The van der Waals surface area contributed by atoms with E-state index in [1.807, 2.05) is 30.3 Å². The van der Waals surface area contributed by atoms with Crippen LogP contribution in [-0.4, -0.2) is 11.8 Å². The summed E-state index contributed by atoms with van der Waals surface area (Å²) in [5, 5.41) is 0. The molecule has 0 bridgehead atoms. The number of rotatable bonds is 1. The van der Waals surface area contributed by atoms with Gasteiger partial charge in [-0.15, -0.1) is 0 Å². The highest BCUT2D eigenvalue weighted by Gasteiger charge is 1.81. The lowest BCUT2D eigenvalue weighted by Gasteiger charge is -1.85. The Bertz CT molecular complexity index is 321. The van der Waals surface area contributed by atoms with Crippen LogP contribution < -0.4 is 0 Å². The van der Waals surface area contributed by atoms with E-state index in [1.54, 1.807) is 6.08 Å². The quantitative estimate of drug-likeness (QED) is 0.575. The summed E-state index contributed by atoms with van der Waals surface area (Å²) in [6.45, 7) is 1.39. The monoisotopic (exact) mass is 159 g/mol. The van der Waals surface area contributed by atoms with Gasteiger partial charge in [0.2, 0.25) is 0 Å². The van der Waals surface area contributed by atoms with Crippen molar-refractivity contribution in [3.63, 3.8) is 0 Å². The highest BCUT2D eigenvalue weighted by atomic mass is 16.1. The van der Waals surface area contributed by atoms with Gasteiger partial charge in [-0.05, 0) is 11.4 Å². The van der Waals surface area contributed by atoms with Crippen molar-refractivity contribution in [3.05, 3.63) is 35.9 Å². The fourth-order valence-electron chi connectivity index (χ4n) is 0.747. The second-order valence-electron chi connectivity index (χ2n) is 2.31. The van der Waals surface area contributed by atoms with Crippen LogP contribution in [-0.2, 0) is 4.79 Å². The maximum Gasteiger partial charge on any atom is 0.250 e. The lowest BCUT2D eigenvalue weighted by Crippen LogP contribution is -1.78. The fraction of sp³-hybridized carbons (Fsp3) is 0.100. The zero-order valence-electron chi connectivity index (χ0n) is 6.82. The van der Waals surface area contributed by atoms with Gasteiger partial charge in [0.15, 0.2) is 0 Å². The van der Waals surface area contributed by atoms with E-state index in [-0.39, 0.29) is 5.91 Å². The first-order chi connectivity index (χ1) is 5.79. The topological polar surface area (TPSA) is 29.4 Å². The molecule has 0 radical (unpaired) electrons. The molecule has 0 saturated carbocycles. The van der Waals surface area contributed by atoms with E-state index in [0.29, 0.717) is 0 Å². The number of aliphatic imine (C=N–C) groups is 1. The molecule has 0 aliphatic carbocycles. The first-order valence-corrected chi connectivity index (χ1v) is 3.64. The van der Waals surface area contributed by atoms with Crippen LogP contribution in [0.25, 0.3) is 6.08 Å². The van der Waals surface area contributed by atoms with Gasteiger partial charge in [0.05, 0.1) is 0 Å². The van der Waals surface area contributed by atoms with Gasteiger partial charge in [-0.2, -0.15) is 4.99 Å². The summed E-state index contributed by atoms with van der Waals surface area (Å²) in [5.41, 5.74) is 0.988. The maximum atomic E-state index is 10.4.